The zero-order valence-electron chi connectivity index (χ0n) is 9.39. The second-order valence-corrected chi connectivity index (χ2v) is 5.66. The molecule has 2 heterocycles. The van der Waals surface area contributed by atoms with E-state index in [1.165, 1.54) is 34.6 Å². The third-order valence-electron chi connectivity index (χ3n) is 2.77. The predicted molar refractivity (Wildman–Crippen MR) is 69.0 cm³/mol. The summed E-state index contributed by atoms with van der Waals surface area (Å²) in [5.74, 6) is -1.77. The van der Waals surface area contributed by atoms with Gasteiger partial charge in [-0.25, -0.2) is 9.37 Å². The van der Waals surface area contributed by atoms with Crippen LogP contribution in [-0.4, -0.2) is 16.7 Å². The van der Waals surface area contributed by atoms with E-state index in [1.807, 2.05) is 0 Å². The van der Waals surface area contributed by atoms with Crippen LogP contribution in [-0.2, 0) is 11.3 Å². The standard InChI is InChI=1S/C12H6ClFN2O2S/c13-12-15-4-7(19-12)5-16-9-3-6(14)1-2-8(9)10(17)11(16)18/h1-4H,5H2. The highest BCUT2D eigenvalue weighted by molar-refractivity contribution is 7.15. The van der Waals surface area contributed by atoms with Crippen molar-refractivity contribution in [2.45, 2.75) is 6.54 Å². The highest BCUT2D eigenvalue weighted by Gasteiger charge is 2.36. The highest BCUT2D eigenvalue weighted by atomic mass is 35.5. The van der Waals surface area contributed by atoms with Crippen LogP contribution >= 0.6 is 22.9 Å². The molecule has 1 aromatic heterocycles. The maximum absolute atomic E-state index is 13.3. The van der Waals surface area contributed by atoms with Gasteiger partial charge in [-0.15, -0.1) is 11.3 Å². The van der Waals surface area contributed by atoms with Gasteiger partial charge in [0.2, 0.25) is 0 Å². The number of benzene rings is 1. The second kappa shape index (κ2) is 4.40. The Morgan fingerprint density at radius 1 is 1.37 bits per heavy atom. The van der Waals surface area contributed by atoms with Crippen LogP contribution in [0.15, 0.2) is 24.4 Å². The van der Waals surface area contributed by atoms with Crippen LogP contribution in [0.1, 0.15) is 15.2 Å². The summed E-state index contributed by atoms with van der Waals surface area (Å²) in [7, 11) is 0. The van der Waals surface area contributed by atoms with E-state index in [9.17, 15) is 14.0 Å². The van der Waals surface area contributed by atoms with Crippen molar-refractivity contribution in [3.05, 3.63) is 45.1 Å². The number of Topliss-reactive ketones (excluding diaryl/α,β-unsaturated/α-hetero) is 1. The number of carbonyl (C=O) groups excluding carboxylic acids is 2. The number of amides is 1. The number of hydrogen-bond donors (Lipinski definition) is 0. The molecule has 96 valence electrons. The van der Waals surface area contributed by atoms with Crippen LogP contribution in [0.25, 0.3) is 0 Å². The number of anilines is 1. The molecular weight excluding hydrogens is 291 g/mol. The molecule has 0 fully saturated rings. The van der Waals surface area contributed by atoms with Crippen LogP contribution < -0.4 is 4.90 Å². The minimum absolute atomic E-state index is 0.158. The van der Waals surface area contributed by atoms with Crippen molar-refractivity contribution in [2.24, 2.45) is 0 Å². The monoisotopic (exact) mass is 296 g/mol. The first-order chi connectivity index (χ1) is 9.06. The first-order valence-electron chi connectivity index (χ1n) is 5.32. The lowest BCUT2D eigenvalue weighted by molar-refractivity contribution is -0.114. The van der Waals surface area contributed by atoms with Crippen molar-refractivity contribution in [3.63, 3.8) is 0 Å². The van der Waals surface area contributed by atoms with Crippen LogP contribution in [0.2, 0.25) is 4.47 Å². The number of rotatable bonds is 2. The van der Waals surface area contributed by atoms with Gasteiger partial charge in [0.1, 0.15) is 5.82 Å². The number of fused-ring (bicyclic) bond motifs is 1. The molecule has 1 aromatic carbocycles. The van der Waals surface area contributed by atoms with Gasteiger partial charge in [0.05, 0.1) is 17.8 Å². The molecule has 1 aliphatic heterocycles. The number of nitrogens with zero attached hydrogens (tertiary/aromatic N) is 2. The van der Waals surface area contributed by atoms with E-state index >= 15 is 0 Å². The van der Waals surface area contributed by atoms with Gasteiger partial charge in [-0.3, -0.25) is 14.5 Å². The largest absolute Gasteiger partial charge is 0.299 e. The van der Waals surface area contributed by atoms with Crippen LogP contribution in [0.4, 0.5) is 10.1 Å². The Hall–Kier alpha value is -1.79. The van der Waals surface area contributed by atoms with Crippen molar-refractivity contribution >= 4 is 40.3 Å². The third-order valence-corrected chi connectivity index (χ3v) is 3.87. The number of aromatic nitrogens is 1. The van der Waals surface area contributed by atoms with Gasteiger partial charge in [-0.1, -0.05) is 11.6 Å². The molecule has 2 aromatic rings. The average molecular weight is 297 g/mol. The Labute approximate surface area is 116 Å². The predicted octanol–water partition coefficient (Wildman–Crippen LogP) is 2.67. The lowest BCUT2D eigenvalue weighted by Crippen LogP contribution is -2.28. The van der Waals surface area contributed by atoms with Gasteiger partial charge in [-0.05, 0) is 18.2 Å². The van der Waals surface area contributed by atoms with E-state index in [0.29, 0.717) is 10.2 Å². The van der Waals surface area contributed by atoms with E-state index in [2.05, 4.69) is 4.98 Å². The fourth-order valence-corrected chi connectivity index (χ4v) is 2.90. The van der Waals surface area contributed by atoms with Gasteiger partial charge < -0.3 is 0 Å². The molecule has 0 N–H and O–H groups in total. The SMILES string of the molecule is O=C1C(=O)N(Cc2cnc(Cl)s2)c2cc(F)ccc21. The molecule has 0 saturated heterocycles. The molecule has 19 heavy (non-hydrogen) atoms. The Bertz CT molecular complexity index is 701. The Morgan fingerprint density at radius 2 is 2.16 bits per heavy atom. The Kier molecular flexibility index (Phi) is 2.83. The molecule has 0 unspecified atom stereocenters. The summed E-state index contributed by atoms with van der Waals surface area (Å²) >= 11 is 6.93. The maximum atomic E-state index is 13.3. The normalized spacial score (nSPS) is 14.1. The second-order valence-electron chi connectivity index (χ2n) is 3.96. The van der Waals surface area contributed by atoms with Crippen molar-refractivity contribution in [1.82, 2.24) is 4.98 Å². The van der Waals surface area contributed by atoms with Crippen molar-refractivity contribution < 1.29 is 14.0 Å². The highest BCUT2D eigenvalue weighted by Crippen LogP contribution is 2.32. The minimum Gasteiger partial charge on any atom is -0.299 e. The Morgan fingerprint density at radius 3 is 2.84 bits per heavy atom. The zero-order valence-corrected chi connectivity index (χ0v) is 11.0. The summed E-state index contributed by atoms with van der Waals surface area (Å²) in [6, 6.07) is 3.67. The molecule has 0 saturated carbocycles. The first kappa shape index (κ1) is 12.3. The number of halogens is 2. The first-order valence-corrected chi connectivity index (χ1v) is 6.51. The Balaban J connectivity index is 2.01. The van der Waals surface area contributed by atoms with E-state index < -0.39 is 17.5 Å². The third kappa shape index (κ3) is 2.02. The van der Waals surface area contributed by atoms with Gasteiger partial charge in [0.25, 0.3) is 11.7 Å². The van der Waals surface area contributed by atoms with E-state index in [0.717, 1.165) is 10.9 Å². The summed E-state index contributed by atoms with van der Waals surface area (Å²) in [6.07, 6.45) is 1.53. The van der Waals surface area contributed by atoms with Gasteiger partial charge in [0.15, 0.2) is 4.47 Å². The summed E-state index contributed by atoms with van der Waals surface area (Å²) in [5, 5.41) is 0. The molecule has 0 bridgehead atoms. The summed E-state index contributed by atoms with van der Waals surface area (Å²) in [6.45, 7) is 0.158. The molecule has 0 atom stereocenters. The molecule has 4 nitrogen and oxygen atoms in total. The topological polar surface area (TPSA) is 50.3 Å². The van der Waals surface area contributed by atoms with Crippen molar-refractivity contribution in [2.75, 3.05) is 4.90 Å². The van der Waals surface area contributed by atoms with Gasteiger partial charge in [-0.2, -0.15) is 0 Å². The fraction of sp³-hybridized carbons (Fsp3) is 0.0833. The zero-order chi connectivity index (χ0) is 13.6. The molecular formula is C12H6ClFN2O2S. The van der Waals surface area contributed by atoms with Crippen molar-refractivity contribution in [1.29, 1.82) is 0 Å². The lowest BCUT2D eigenvalue weighted by atomic mass is 10.1. The fourth-order valence-electron chi connectivity index (χ4n) is 1.94. The molecule has 0 aliphatic carbocycles. The molecule has 1 amide bonds. The molecule has 3 rings (SSSR count). The van der Waals surface area contributed by atoms with Gasteiger partial charge in [0, 0.05) is 11.1 Å². The summed E-state index contributed by atoms with van der Waals surface area (Å²) in [4.78, 5) is 29.5. The number of ketones is 1. The summed E-state index contributed by atoms with van der Waals surface area (Å²) in [5.41, 5.74) is 0.515. The van der Waals surface area contributed by atoms with Crippen LogP contribution in [0.3, 0.4) is 0 Å². The quantitative estimate of drug-likeness (QED) is 0.801. The van der Waals surface area contributed by atoms with E-state index in [4.69, 9.17) is 11.6 Å². The molecule has 1 aliphatic rings. The van der Waals surface area contributed by atoms with Gasteiger partial charge >= 0.3 is 0 Å². The number of thiazole rings is 1. The van der Waals surface area contributed by atoms with Crippen molar-refractivity contribution in [3.8, 4) is 0 Å². The lowest BCUT2D eigenvalue weighted by Gasteiger charge is -2.14. The smallest absolute Gasteiger partial charge is 0.299 e. The maximum Gasteiger partial charge on any atom is 0.299 e. The number of carbonyl (C=O) groups is 2. The minimum atomic E-state index is -0.662. The summed E-state index contributed by atoms with van der Waals surface area (Å²) < 4.78 is 13.6. The average Bonchev–Trinajstić information content (AvgIpc) is 2.88. The molecule has 7 heteroatoms. The number of hydrogen-bond acceptors (Lipinski definition) is 4. The molecule has 0 spiro atoms. The van der Waals surface area contributed by atoms with Crippen LogP contribution in [0.5, 0.6) is 0 Å². The van der Waals surface area contributed by atoms with E-state index in [-0.39, 0.29) is 12.1 Å². The van der Waals surface area contributed by atoms with Crippen LogP contribution in [0, 0.1) is 5.82 Å². The molecule has 0 radical (unpaired) electrons. The van der Waals surface area contributed by atoms with E-state index in [1.54, 1.807) is 0 Å².